The SMILES string of the molecule is Cc1cc(N)ccc1SCc1nnn(C)n1. The Morgan fingerprint density at radius 3 is 2.88 bits per heavy atom. The highest BCUT2D eigenvalue weighted by Gasteiger charge is 2.04. The Balaban J connectivity index is 2.04. The fourth-order valence-electron chi connectivity index (χ4n) is 1.36. The van der Waals surface area contributed by atoms with Gasteiger partial charge in [-0.1, -0.05) is 0 Å². The lowest BCUT2D eigenvalue weighted by Gasteiger charge is -2.04. The van der Waals surface area contributed by atoms with E-state index in [2.05, 4.69) is 15.4 Å². The number of nitrogen functional groups attached to an aromatic ring is 1. The first kappa shape index (κ1) is 10.9. The van der Waals surface area contributed by atoms with Crippen LogP contribution >= 0.6 is 11.8 Å². The average Bonchev–Trinajstić information content (AvgIpc) is 2.63. The van der Waals surface area contributed by atoms with E-state index < -0.39 is 0 Å². The first-order valence-electron chi connectivity index (χ1n) is 4.87. The van der Waals surface area contributed by atoms with Gasteiger partial charge >= 0.3 is 0 Å². The van der Waals surface area contributed by atoms with Crippen molar-refractivity contribution < 1.29 is 0 Å². The van der Waals surface area contributed by atoms with Crippen molar-refractivity contribution in [3.05, 3.63) is 29.6 Å². The lowest BCUT2D eigenvalue weighted by Crippen LogP contribution is -1.93. The molecule has 0 atom stereocenters. The highest BCUT2D eigenvalue weighted by Crippen LogP contribution is 2.26. The molecular formula is C10H13N5S. The highest BCUT2D eigenvalue weighted by molar-refractivity contribution is 7.98. The van der Waals surface area contributed by atoms with Crippen molar-refractivity contribution in [3.8, 4) is 0 Å². The summed E-state index contributed by atoms with van der Waals surface area (Å²) < 4.78 is 0. The zero-order valence-corrected chi connectivity index (χ0v) is 10.0. The Labute approximate surface area is 98.0 Å². The average molecular weight is 235 g/mol. The van der Waals surface area contributed by atoms with Gasteiger partial charge in [-0.05, 0) is 35.9 Å². The number of hydrogen-bond acceptors (Lipinski definition) is 5. The number of aryl methyl sites for hydroxylation is 2. The van der Waals surface area contributed by atoms with Crippen molar-refractivity contribution in [2.24, 2.45) is 7.05 Å². The molecule has 1 aromatic heterocycles. The van der Waals surface area contributed by atoms with E-state index in [1.165, 1.54) is 15.3 Å². The van der Waals surface area contributed by atoms with E-state index in [-0.39, 0.29) is 0 Å². The smallest absolute Gasteiger partial charge is 0.184 e. The topological polar surface area (TPSA) is 69.6 Å². The van der Waals surface area contributed by atoms with Crippen LogP contribution in [-0.4, -0.2) is 20.2 Å². The first-order chi connectivity index (χ1) is 7.65. The number of rotatable bonds is 3. The molecule has 0 bridgehead atoms. The second-order valence-electron chi connectivity index (χ2n) is 3.51. The van der Waals surface area contributed by atoms with Crippen LogP contribution in [0.5, 0.6) is 0 Å². The molecule has 2 aromatic rings. The van der Waals surface area contributed by atoms with E-state index in [0.717, 1.165) is 17.3 Å². The molecule has 0 fully saturated rings. The van der Waals surface area contributed by atoms with E-state index in [1.54, 1.807) is 18.8 Å². The van der Waals surface area contributed by atoms with E-state index in [1.807, 2.05) is 25.1 Å². The van der Waals surface area contributed by atoms with Crippen LogP contribution in [-0.2, 0) is 12.8 Å². The van der Waals surface area contributed by atoms with Crippen molar-refractivity contribution in [3.63, 3.8) is 0 Å². The summed E-state index contributed by atoms with van der Waals surface area (Å²) in [4.78, 5) is 2.66. The van der Waals surface area contributed by atoms with Crippen LogP contribution in [0.3, 0.4) is 0 Å². The van der Waals surface area contributed by atoms with Crippen molar-refractivity contribution in [1.29, 1.82) is 0 Å². The van der Waals surface area contributed by atoms with Gasteiger partial charge in [-0.3, -0.25) is 0 Å². The molecule has 0 unspecified atom stereocenters. The van der Waals surface area contributed by atoms with E-state index in [9.17, 15) is 0 Å². The molecule has 2 rings (SSSR count). The fraction of sp³-hybridized carbons (Fsp3) is 0.300. The third-order valence-corrected chi connectivity index (χ3v) is 3.28. The van der Waals surface area contributed by atoms with Crippen LogP contribution in [0.4, 0.5) is 5.69 Å². The minimum atomic E-state index is 0.721. The molecular weight excluding hydrogens is 222 g/mol. The Bertz CT molecular complexity index is 494. The van der Waals surface area contributed by atoms with Gasteiger partial charge in [0.1, 0.15) is 0 Å². The summed E-state index contributed by atoms with van der Waals surface area (Å²) in [6.45, 7) is 2.04. The van der Waals surface area contributed by atoms with Gasteiger partial charge in [0.15, 0.2) is 5.82 Å². The number of anilines is 1. The molecule has 0 spiro atoms. The van der Waals surface area contributed by atoms with Crippen molar-refractivity contribution in [2.75, 3.05) is 5.73 Å². The van der Waals surface area contributed by atoms with E-state index >= 15 is 0 Å². The quantitative estimate of drug-likeness (QED) is 0.643. The highest BCUT2D eigenvalue weighted by atomic mass is 32.2. The number of hydrogen-bond donors (Lipinski definition) is 1. The molecule has 5 nitrogen and oxygen atoms in total. The molecule has 0 saturated carbocycles. The molecule has 0 aliphatic rings. The standard InChI is InChI=1S/C10H13N5S/c1-7-5-8(11)3-4-9(7)16-6-10-12-14-15(2)13-10/h3-5H,6,11H2,1-2H3. The van der Waals surface area contributed by atoms with Crippen LogP contribution in [0.15, 0.2) is 23.1 Å². The number of thioether (sulfide) groups is 1. The molecule has 0 saturated heterocycles. The second kappa shape index (κ2) is 4.52. The summed E-state index contributed by atoms with van der Waals surface area (Å²) in [6, 6.07) is 5.89. The van der Waals surface area contributed by atoms with Crippen LogP contribution < -0.4 is 5.73 Å². The van der Waals surface area contributed by atoms with Gasteiger partial charge in [-0.25, -0.2) is 0 Å². The third kappa shape index (κ3) is 2.52. The zero-order valence-electron chi connectivity index (χ0n) is 9.21. The molecule has 1 aromatic carbocycles. The number of aromatic nitrogens is 4. The largest absolute Gasteiger partial charge is 0.399 e. The monoisotopic (exact) mass is 235 g/mol. The lowest BCUT2D eigenvalue weighted by atomic mass is 10.2. The fourth-order valence-corrected chi connectivity index (χ4v) is 2.21. The van der Waals surface area contributed by atoms with Gasteiger partial charge in [0.05, 0.1) is 12.8 Å². The molecule has 16 heavy (non-hydrogen) atoms. The normalized spacial score (nSPS) is 10.6. The van der Waals surface area contributed by atoms with E-state index in [0.29, 0.717) is 0 Å². The minimum absolute atomic E-state index is 0.721. The predicted octanol–water partition coefficient (Wildman–Crippen LogP) is 1.39. The van der Waals surface area contributed by atoms with E-state index in [4.69, 9.17) is 5.73 Å². The molecule has 2 N–H and O–H groups in total. The Hall–Kier alpha value is -1.56. The maximum Gasteiger partial charge on any atom is 0.184 e. The van der Waals surface area contributed by atoms with Gasteiger partial charge in [-0.2, -0.15) is 4.80 Å². The van der Waals surface area contributed by atoms with Crippen molar-refractivity contribution in [2.45, 2.75) is 17.6 Å². The zero-order chi connectivity index (χ0) is 11.5. The Morgan fingerprint density at radius 2 is 2.25 bits per heavy atom. The van der Waals surface area contributed by atoms with Gasteiger partial charge in [-0.15, -0.1) is 22.0 Å². The molecule has 1 heterocycles. The van der Waals surface area contributed by atoms with Crippen molar-refractivity contribution >= 4 is 17.4 Å². The summed E-state index contributed by atoms with van der Waals surface area (Å²) in [5.74, 6) is 1.46. The predicted molar refractivity (Wildman–Crippen MR) is 64.0 cm³/mol. The minimum Gasteiger partial charge on any atom is -0.399 e. The number of tetrazole rings is 1. The number of benzene rings is 1. The molecule has 0 aliphatic carbocycles. The van der Waals surface area contributed by atoms with Crippen LogP contribution in [0.2, 0.25) is 0 Å². The van der Waals surface area contributed by atoms with Gasteiger partial charge in [0.25, 0.3) is 0 Å². The number of nitrogens with zero attached hydrogens (tertiary/aromatic N) is 4. The first-order valence-corrected chi connectivity index (χ1v) is 5.85. The molecule has 84 valence electrons. The van der Waals surface area contributed by atoms with Crippen LogP contribution in [0.25, 0.3) is 0 Å². The van der Waals surface area contributed by atoms with Crippen LogP contribution in [0.1, 0.15) is 11.4 Å². The maximum absolute atomic E-state index is 5.69. The molecule has 0 amide bonds. The summed E-state index contributed by atoms with van der Waals surface area (Å²) in [5, 5.41) is 11.8. The second-order valence-corrected chi connectivity index (χ2v) is 4.53. The Morgan fingerprint density at radius 1 is 1.44 bits per heavy atom. The maximum atomic E-state index is 5.69. The Kier molecular flexibility index (Phi) is 3.09. The molecule has 0 aliphatic heterocycles. The molecule has 0 radical (unpaired) electrons. The lowest BCUT2D eigenvalue weighted by molar-refractivity contribution is 0.628. The third-order valence-electron chi connectivity index (χ3n) is 2.11. The summed E-state index contributed by atoms with van der Waals surface area (Å²) in [5.41, 5.74) is 7.66. The van der Waals surface area contributed by atoms with Gasteiger partial charge in [0.2, 0.25) is 0 Å². The summed E-state index contributed by atoms with van der Waals surface area (Å²) in [6.07, 6.45) is 0. The van der Waals surface area contributed by atoms with Gasteiger partial charge < -0.3 is 5.73 Å². The number of nitrogens with two attached hydrogens (primary N) is 1. The van der Waals surface area contributed by atoms with Crippen LogP contribution in [0, 0.1) is 6.92 Å². The van der Waals surface area contributed by atoms with Gasteiger partial charge in [0, 0.05) is 10.6 Å². The van der Waals surface area contributed by atoms with Crippen molar-refractivity contribution in [1.82, 2.24) is 20.2 Å². The molecule has 6 heteroatoms. The summed E-state index contributed by atoms with van der Waals surface area (Å²) >= 11 is 1.69. The summed E-state index contributed by atoms with van der Waals surface area (Å²) in [7, 11) is 1.76.